The molecule has 0 amide bonds. The Hall–Kier alpha value is -0.920. The molecule has 0 aliphatic rings. The molecule has 0 fully saturated rings. The largest absolute Gasteiger partial charge is 0.312 e. The van der Waals surface area contributed by atoms with E-state index in [9.17, 15) is 0 Å². The Morgan fingerprint density at radius 3 is 3.00 bits per heavy atom. The maximum Gasteiger partial charge on any atom is 0.0800 e. The molecule has 4 heteroatoms. The lowest BCUT2D eigenvalue weighted by Crippen LogP contribution is -2.16. The molecule has 1 aromatic heterocycles. The zero-order valence-corrected chi connectivity index (χ0v) is 9.40. The van der Waals surface area contributed by atoms with Crippen LogP contribution in [0.5, 0.6) is 0 Å². The zero-order chi connectivity index (χ0) is 10.4. The van der Waals surface area contributed by atoms with Crippen molar-refractivity contribution in [2.75, 3.05) is 7.05 Å². The van der Waals surface area contributed by atoms with Gasteiger partial charge in [0.1, 0.15) is 0 Å². The molecule has 0 aromatic carbocycles. The number of hydrogen-bond donors (Lipinski definition) is 1. The van der Waals surface area contributed by atoms with E-state index in [0.29, 0.717) is 6.04 Å². The van der Waals surface area contributed by atoms with Crippen LogP contribution in [0.3, 0.4) is 0 Å². The van der Waals surface area contributed by atoms with Crippen LogP contribution < -0.4 is 5.32 Å². The Balaban J connectivity index is 2.73. The molecule has 14 heavy (non-hydrogen) atoms. The lowest BCUT2D eigenvalue weighted by atomic mass is 10.1. The quantitative estimate of drug-likeness (QED) is 0.751. The van der Waals surface area contributed by atoms with Crippen LogP contribution in [-0.4, -0.2) is 16.6 Å². The Morgan fingerprint density at radius 1 is 1.64 bits per heavy atom. The summed E-state index contributed by atoms with van der Waals surface area (Å²) < 4.78 is 3.97. The molecule has 1 rings (SSSR count). The smallest absolute Gasteiger partial charge is 0.0800 e. The van der Waals surface area contributed by atoms with Gasteiger partial charge in [0.2, 0.25) is 0 Å². The number of nitrogens with one attached hydrogen (secondary N) is 1. The summed E-state index contributed by atoms with van der Waals surface area (Å²) in [4.78, 5) is 1.23. The highest BCUT2D eigenvalue weighted by Gasteiger charge is 2.15. The first kappa shape index (κ1) is 11.2. The van der Waals surface area contributed by atoms with E-state index in [1.165, 1.54) is 16.4 Å². The first-order valence-electron chi connectivity index (χ1n) is 4.75. The minimum atomic E-state index is 0.306. The van der Waals surface area contributed by atoms with Crippen molar-refractivity contribution in [1.82, 2.24) is 14.9 Å². The van der Waals surface area contributed by atoms with Crippen LogP contribution >= 0.6 is 11.5 Å². The molecule has 1 N–H and O–H groups in total. The minimum Gasteiger partial charge on any atom is -0.312 e. The lowest BCUT2D eigenvalue weighted by Gasteiger charge is -2.12. The van der Waals surface area contributed by atoms with Gasteiger partial charge in [0.15, 0.2) is 0 Å². The van der Waals surface area contributed by atoms with Gasteiger partial charge >= 0.3 is 0 Å². The summed E-state index contributed by atoms with van der Waals surface area (Å²) in [5.74, 6) is 2.66. The SMILES string of the molecule is C#CCCC(NC)c1snnc1CC. The summed E-state index contributed by atoms with van der Waals surface area (Å²) in [7, 11) is 1.94. The van der Waals surface area contributed by atoms with Crippen LogP contribution in [0.4, 0.5) is 0 Å². The normalized spacial score (nSPS) is 12.4. The van der Waals surface area contributed by atoms with E-state index in [0.717, 1.165) is 25.0 Å². The molecule has 1 aromatic rings. The molecule has 0 aliphatic heterocycles. The maximum absolute atomic E-state index is 5.25. The number of rotatable bonds is 5. The van der Waals surface area contributed by atoms with Crippen molar-refractivity contribution in [2.45, 2.75) is 32.2 Å². The topological polar surface area (TPSA) is 37.8 Å². The number of aromatic nitrogens is 2. The van der Waals surface area contributed by atoms with Gasteiger partial charge in [-0.05, 0) is 31.4 Å². The molecule has 1 unspecified atom stereocenters. The minimum absolute atomic E-state index is 0.306. The molecular weight excluding hydrogens is 194 g/mol. The first-order chi connectivity index (χ1) is 6.83. The zero-order valence-electron chi connectivity index (χ0n) is 8.58. The van der Waals surface area contributed by atoms with Crippen molar-refractivity contribution in [3.8, 4) is 12.3 Å². The highest BCUT2D eigenvalue weighted by atomic mass is 32.1. The summed E-state index contributed by atoms with van der Waals surface area (Å²) in [5.41, 5.74) is 1.09. The number of nitrogens with zero attached hydrogens (tertiary/aromatic N) is 2. The van der Waals surface area contributed by atoms with Crippen LogP contribution in [0.25, 0.3) is 0 Å². The fourth-order valence-electron chi connectivity index (χ4n) is 1.36. The van der Waals surface area contributed by atoms with Gasteiger partial charge < -0.3 is 5.32 Å². The number of aryl methyl sites for hydroxylation is 1. The van der Waals surface area contributed by atoms with Crippen LogP contribution in [0, 0.1) is 12.3 Å². The van der Waals surface area contributed by atoms with E-state index in [4.69, 9.17) is 6.42 Å². The van der Waals surface area contributed by atoms with Crippen molar-refractivity contribution in [3.63, 3.8) is 0 Å². The monoisotopic (exact) mass is 209 g/mol. The van der Waals surface area contributed by atoms with Gasteiger partial charge in [0, 0.05) is 12.5 Å². The van der Waals surface area contributed by atoms with Gasteiger partial charge in [-0.15, -0.1) is 17.4 Å². The van der Waals surface area contributed by atoms with E-state index < -0.39 is 0 Å². The Labute approximate surface area is 89.1 Å². The Bertz CT molecular complexity index is 313. The second-order valence-corrected chi connectivity index (χ2v) is 3.81. The van der Waals surface area contributed by atoms with E-state index in [-0.39, 0.29) is 0 Å². The third-order valence-electron chi connectivity index (χ3n) is 2.16. The average molecular weight is 209 g/mol. The van der Waals surface area contributed by atoms with Gasteiger partial charge in [-0.2, -0.15) is 0 Å². The van der Waals surface area contributed by atoms with Crippen molar-refractivity contribution >= 4 is 11.5 Å². The maximum atomic E-state index is 5.25. The molecule has 0 bridgehead atoms. The van der Waals surface area contributed by atoms with Crippen molar-refractivity contribution in [1.29, 1.82) is 0 Å². The molecule has 0 aliphatic carbocycles. The summed E-state index contributed by atoms with van der Waals surface area (Å²) in [6, 6.07) is 0.306. The predicted molar refractivity (Wildman–Crippen MR) is 59.2 cm³/mol. The van der Waals surface area contributed by atoms with Crippen molar-refractivity contribution in [3.05, 3.63) is 10.6 Å². The van der Waals surface area contributed by atoms with E-state index in [1.54, 1.807) is 0 Å². The highest BCUT2D eigenvalue weighted by Crippen LogP contribution is 2.24. The van der Waals surface area contributed by atoms with Crippen LogP contribution in [0.1, 0.15) is 36.4 Å². The second-order valence-electron chi connectivity index (χ2n) is 3.02. The van der Waals surface area contributed by atoms with Crippen LogP contribution in [0.2, 0.25) is 0 Å². The first-order valence-corrected chi connectivity index (χ1v) is 5.52. The summed E-state index contributed by atoms with van der Waals surface area (Å²) in [6.45, 7) is 2.09. The molecule has 76 valence electrons. The van der Waals surface area contributed by atoms with E-state index >= 15 is 0 Å². The third-order valence-corrected chi connectivity index (χ3v) is 3.04. The van der Waals surface area contributed by atoms with Crippen molar-refractivity contribution in [2.24, 2.45) is 0 Å². The fourth-order valence-corrected chi connectivity index (χ4v) is 2.24. The molecule has 0 radical (unpaired) electrons. The van der Waals surface area contributed by atoms with Gasteiger partial charge in [-0.25, -0.2) is 0 Å². The summed E-state index contributed by atoms with van der Waals surface area (Å²) >= 11 is 1.47. The Kier molecular flexibility index (Phi) is 4.57. The van der Waals surface area contributed by atoms with E-state index in [2.05, 4.69) is 27.7 Å². The van der Waals surface area contributed by atoms with Crippen LogP contribution in [-0.2, 0) is 6.42 Å². The molecule has 0 saturated heterocycles. The molecule has 0 spiro atoms. The molecule has 1 heterocycles. The van der Waals surface area contributed by atoms with Gasteiger partial charge in [0.05, 0.1) is 10.6 Å². The van der Waals surface area contributed by atoms with Crippen molar-refractivity contribution < 1.29 is 0 Å². The Morgan fingerprint density at radius 2 is 2.43 bits per heavy atom. The van der Waals surface area contributed by atoms with Crippen LogP contribution in [0.15, 0.2) is 0 Å². The summed E-state index contributed by atoms with van der Waals surface area (Å²) in [6.07, 6.45) is 7.91. The molecule has 0 saturated carbocycles. The predicted octanol–water partition coefficient (Wildman–Crippen LogP) is 1.77. The van der Waals surface area contributed by atoms with Gasteiger partial charge in [0.25, 0.3) is 0 Å². The number of terminal acetylenes is 1. The lowest BCUT2D eigenvalue weighted by molar-refractivity contribution is 0.562. The highest BCUT2D eigenvalue weighted by molar-refractivity contribution is 7.05. The molecule has 3 nitrogen and oxygen atoms in total. The third kappa shape index (κ3) is 2.53. The average Bonchev–Trinajstić information content (AvgIpc) is 2.67. The molecule has 1 atom stereocenters. The standard InChI is InChI=1S/C10H15N3S/c1-4-6-7-9(11-3)10-8(5-2)12-13-14-10/h1,9,11H,5-7H2,2-3H3. The van der Waals surface area contributed by atoms with Gasteiger partial charge in [-0.1, -0.05) is 11.4 Å². The van der Waals surface area contributed by atoms with E-state index in [1.807, 2.05) is 7.05 Å². The molecular formula is C10H15N3S. The van der Waals surface area contributed by atoms with Gasteiger partial charge in [-0.3, -0.25) is 0 Å². The fraction of sp³-hybridized carbons (Fsp3) is 0.600. The second kappa shape index (κ2) is 5.74. The summed E-state index contributed by atoms with van der Waals surface area (Å²) in [5, 5.41) is 7.34. The number of hydrogen-bond acceptors (Lipinski definition) is 4.